The van der Waals surface area contributed by atoms with Crippen LogP contribution in [0.2, 0.25) is 0 Å². The predicted octanol–water partition coefficient (Wildman–Crippen LogP) is -1.06. The third-order valence-corrected chi connectivity index (χ3v) is 3.63. The first kappa shape index (κ1) is 11.9. The second kappa shape index (κ2) is 4.57. The van der Waals surface area contributed by atoms with Gasteiger partial charge in [0.25, 0.3) is 0 Å². The van der Waals surface area contributed by atoms with Crippen LogP contribution in [0.4, 0.5) is 0 Å². The lowest BCUT2D eigenvalue weighted by Gasteiger charge is -2.33. The minimum atomic E-state index is -3.03. The van der Waals surface area contributed by atoms with Crippen molar-refractivity contribution in [3.8, 4) is 0 Å². The van der Waals surface area contributed by atoms with Crippen LogP contribution in [0.15, 0.2) is 0 Å². The number of sulfonamides is 1. The van der Waals surface area contributed by atoms with Crippen molar-refractivity contribution in [3.63, 3.8) is 0 Å². The van der Waals surface area contributed by atoms with E-state index in [1.807, 2.05) is 0 Å². The van der Waals surface area contributed by atoms with Gasteiger partial charge >= 0.3 is 0 Å². The minimum Gasteiger partial charge on any atom is -0.392 e. The first-order chi connectivity index (χ1) is 6.39. The molecule has 5 nitrogen and oxygen atoms in total. The second-order valence-electron chi connectivity index (χ2n) is 3.81. The lowest BCUT2D eigenvalue weighted by atomic mass is 10.3. The highest BCUT2D eigenvalue weighted by Crippen LogP contribution is 2.06. The molecule has 0 spiro atoms. The van der Waals surface area contributed by atoms with E-state index in [0.717, 1.165) is 0 Å². The summed E-state index contributed by atoms with van der Waals surface area (Å²) in [4.78, 5) is 2.08. The van der Waals surface area contributed by atoms with Gasteiger partial charge in [0.1, 0.15) is 0 Å². The maximum Gasteiger partial charge on any atom is 0.211 e. The summed E-state index contributed by atoms with van der Waals surface area (Å²) in [7, 11) is -3.03. The molecule has 1 heterocycles. The lowest BCUT2D eigenvalue weighted by Crippen LogP contribution is -2.49. The van der Waals surface area contributed by atoms with Gasteiger partial charge in [-0.25, -0.2) is 8.42 Å². The number of hydrogen-bond donors (Lipinski definition) is 1. The topological polar surface area (TPSA) is 60.9 Å². The highest BCUT2D eigenvalue weighted by atomic mass is 32.2. The van der Waals surface area contributed by atoms with Gasteiger partial charge < -0.3 is 5.11 Å². The Kier molecular flexibility index (Phi) is 3.88. The molecule has 84 valence electrons. The predicted molar refractivity (Wildman–Crippen MR) is 54.5 cm³/mol. The Morgan fingerprint density at radius 3 is 2.14 bits per heavy atom. The van der Waals surface area contributed by atoms with Crippen molar-refractivity contribution >= 4 is 10.0 Å². The van der Waals surface area contributed by atoms with Crippen LogP contribution >= 0.6 is 0 Å². The highest BCUT2D eigenvalue weighted by molar-refractivity contribution is 7.88. The molecule has 1 rings (SSSR count). The normalized spacial score (nSPS) is 23.6. The first-order valence-corrected chi connectivity index (χ1v) is 6.60. The van der Waals surface area contributed by atoms with Crippen LogP contribution < -0.4 is 0 Å². The van der Waals surface area contributed by atoms with E-state index in [9.17, 15) is 8.42 Å². The number of β-amino-alcohol motifs (C(OH)–C–C–N with tert-alkyl or cyclic N) is 1. The number of piperazine rings is 1. The Labute approximate surface area is 85.4 Å². The fourth-order valence-corrected chi connectivity index (χ4v) is 2.44. The quantitative estimate of drug-likeness (QED) is 0.661. The number of nitrogens with zero attached hydrogens (tertiary/aromatic N) is 2. The molecule has 0 unspecified atom stereocenters. The third kappa shape index (κ3) is 3.53. The third-order valence-electron chi connectivity index (χ3n) is 2.32. The maximum atomic E-state index is 11.2. The molecule has 1 aliphatic heterocycles. The van der Waals surface area contributed by atoms with Crippen LogP contribution in [0.3, 0.4) is 0 Å². The molecule has 0 aromatic carbocycles. The van der Waals surface area contributed by atoms with Crippen LogP contribution in [0, 0.1) is 0 Å². The van der Waals surface area contributed by atoms with E-state index in [2.05, 4.69) is 4.90 Å². The molecule has 14 heavy (non-hydrogen) atoms. The van der Waals surface area contributed by atoms with Gasteiger partial charge in [-0.3, -0.25) is 4.90 Å². The summed E-state index contributed by atoms with van der Waals surface area (Å²) in [6, 6.07) is 0. The van der Waals surface area contributed by atoms with Gasteiger partial charge in [0, 0.05) is 32.7 Å². The van der Waals surface area contributed by atoms with E-state index in [0.29, 0.717) is 32.7 Å². The molecule has 0 amide bonds. The number of aliphatic hydroxyl groups is 1. The van der Waals surface area contributed by atoms with Crippen molar-refractivity contribution in [2.24, 2.45) is 0 Å². The Hall–Kier alpha value is -0.170. The zero-order valence-corrected chi connectivity index (χ0v) is 9.50. The molecule has 1 atom stereocenters. The van der Waals surface area contributed by atoms with Crippen molar-refractivity contribution in [3.05, 3.63) is 0 Å². The molecule has 6 heteroatoms. The van der Waals surface area contributed by atoms with Crippen molar-refractivity contribution in [1.29, 1.82) is 0 Å². The molecule has 0 aromatic rings. The summed E-state index contributed by atoms with van der Waals surface area (Å²) in [5.41, 5.74) is 0. The summed E-state index contributed by atoms with van der Waals surface area (Å²) in [5, 5.41) is 9.16. The molecule has 0 radical (unpaired) electrons. The fraction of sp³-hybridized carbons (Fsp3) is 1.00. The van der Waals surface area contributed by atoms with Crippen LogP contribution in [0.1, 0.15) is 6.92 Å². The molecule has 0 saturated carbocycles. The van der Waals surface area contributed by atoms with E-state index in [4.69, 9.17) is 5.11 Å². The van der Waals surface area contributed by atoms with E-state index in [-0.39, 0.29) is 6.10 Å². The Balaban J connectivity index is 2.39. The van der Waals surface area contributed by atoms with E-state index in [1.165, 1.54) is 10.6 Å². The number of hydrogen-bond acceptors (Lipinski definition) is 4. The van der Waals surface area contributed by atoms with Crippen molar-refractivity contribution in [1.82, 2.24) is 9.21 Å². The maximum absolute atomic E-state index is 11.2. The fourth-order valence-electron chi connectivity index (χ4n) is 1.62. The highest BCUT2D eigenvalue weighted by Gasteiger charge is 2.23. The SMILES string of the molecule is C[C@@H](O)CN1CCN(S(C)(=O)=O)CC1. The molecule has 0 aromatic heterocycles. The van der Waals surface area contributed by atoms with Crippen LogP contribution in [0.25, 0.3) is 0 Å². The zero-order valence-electron chi connectivity index (χ0n) is 8.68. The summed E-state index contributed by atoms with van der Waals surface area (Å²) < 4.78 is 23.8. The van der Waals surface area contributed by atoms with Crippen molar-refractivity contribution in [2.45, 2.75) is 13.0 Å². The molecule has 1 N–H and O–H groups in total. The molecule has 0 bridgehead atoms. The second-order valence-corrected chi connectivity index (χ2v) is 5.79. The van der Waals surface area contributed by atoms with E-state index < -0.39 is 10.0 Å². The Morgan fingerprint density at radius 1 is 1.29 bits per heavy atom. The summed E-state index contributed by atoms with van der Waals surface area (Å²) >= 11 is 0. The van der Waals surface area contributed by atoms with Gasteiger partial charge in [-0.1, -0.05) is 0 Å². The molecule has 1 aliphatic rings. The van der Waals surface area contributed by atoms with Crippen LogP contribution in [-0.2, 0) is 10.0 Å². The Morgan fingerprint density at radius 2 is 1.79 bits per heavy atom. The Bertz CT molecular complexity index is 268. The zero-order chi connectivity index (χ0) is 10.8. The summed E-state index contributed by atoms with van der Waals surface area (Å²) in [6.07, 6.45) is 0.886. The molecule has 1 saturated heterocycles. The lowest BCUT2D eigenvalue weighted by molar-refractivity contribution is 0.103. The van der Waals surface area contributed by atoms with Crippen molar-refractivity contribution < 1.29 is 13.5 Å². The smallest absolute Gasteiger partial charge is 0.211 e. The van der Waals surface area contributed by atoms with Gasteiger partial charge in [0.05, 0.1) is 12.4 Å². The van der Waals surface area contributed by atoms with E-state index >= 15 is 0 Å². The minimum absolute atomic E-state index is 0.347. The van der Waals surface area contributed by atoms with Gasteiger partial charge in [-0.05, 0) is 6.92 Å². The van der Waals surface area contributed by atoms with Gasteiger partial charge in [-0.15, -0.1) is 0 Å². The van der Waals surface area contributed by atoms with Gasteiger partial charge in [0.15, 0.2) is 0 Å². The number of rotatable bonds is 3. The van der Waals surface area contributed by atoms with Crippen molar-refractivity contribution in [2.75, 3.05) is 39.0 Å². The van der Waals surface area contributed by atoms with Crippen LogP contribution in [0.5, 0.6) is 0 Å². The van der Waals surface area contributed by atoms with E-state index in [1.54, 1.807) is 6.92 Å². The summed E-state index contributed by atoms with van der Waals surface area (Å²) in [5.74, 6) is 0. The monoisotopic (exact) mass is 222 g/mol. The first-order valence-electron chi connectivity index (χ1n) is 4.75. The van der Waals surface area contributed by atoms with Gasteiger partial charge in [0.2, 0.25) is 10.0 Å². The largest absolute Gasteiger partial charge is 0.392 e. The number of aliphatic hydroxyl groups excluding tert-OH is 1. The summed E-state index contributed by atoms with van der Waals surface area (Å²) in [6.45, 7) is 4.84. The average Bonchev–Trinajstić information content (AvgIpc) is 2.02. The van der Waals surface area contributed by atoms with Gasteiger partial charge in [-0.2, -0.15) is 4.31 Å². The standard InChI is InChI=1S/C8H18N2O3S/c1-8(11)7-9-3-5-10(6-4-9)14(2,12)13/h8,11H,3-7H2,1-2H3/t8-/m1/s1. The molecule has 0 aliphatic carbocycles. The average molecular weight is 222 g/mol. The van der Waals surface area contributed by atoms with Crippen LogP contribution in [-0.4, -0.2) is 67.8 Å². The molecular weight excluding hydrogens is 204 g/mol. The molecular formula is C8H18N2O3S. The molecule has 1 fully saturated rings.